The lowest BCUT2D eigenvalue weighted by Crippen LogP contribution is -2.24. The SMILES string of the molecule is CCCN1C(NCc2ccc(-c3ccccc3C(=O)OC(C)(C)C)cc2)N1C(=O)OC. The van der Waals surface area contributed by atoms with E-state index >= 15 is 0 Å². The zero-order valence-electron chi connectivity index (χ0n) is 18.8. The number of nitrogens with zero attached hydrogens (tertiary/aromatic N) is 2. The quantitative estimate of drug-likeness (QED) is 0.524. The zero-order valence-corrected chi connectivity index (χ0v) is 18.8. The average molecular weight is 426 g/mol. The second-order valence-corrected chi connectivity index (χ2v) is 8.48. The molecule has 7 nitrogen and oxygen atoms in total. The van der Waals surface area contributed by atoms with Crippen LogP contribution in [-0.2, 0) is 16.0 Å². The number of amides is 1. The third-order valence-electron chi connectivity index (χ3n) is 4.85. The Morgan fingerprint density at radius 2 is 1.74 bits per heavy atom. The molecule has 1 aliphatic rings. The highest BCUT2D eigenvalue weighted by atomic mass is 16.6. The van der Waals surface area contributed by atoms with Gasteiger partial charge in [0, 0.05) is 13.1 Å². The largest absolute Gasteiger partial charge is 0.456 e. The van der Waals surface area contributed by atoms with Crippen LogP contribution in [0.5, 0.6) is 0 Å². The molecule has 0 bridgehead atoms. The van der Waals surface area contributed by atoms with Gasteiger partial charge in [-0.2, -0.15) is 5.01 Å². The van der Waals surface area contributed by atoms with Gasteiger partial charge in [-0.1, -0.05) is 49.4 Å². The molecule has 2 aromatic rings. The Labute approximate surface area is 183 Å². The molecule has 2 unspecified atom stereocenters. The van der Waals surface area contributed by atoms with Crippen LogP contribution >= 0.6 is 0 Å². The molecule has 0 spiro atoms. The first-order valence-electron chi connectivity index (χ1n) is 10.5. The summed E-state index contributed by atoms with van der Waals surface area (Å²) in [6, 6.07) is 15.5. The molecule has 1 N–H and O–H groups in total. The highest BCUT2D eigenvalue weighted by Gasteiger charge is 2.49. The maximum absolute atomic E-state index is 12.6. The summed E-state index contributed by atoms with van der Waals surface area (Å²) in [7, 11) is 1.38. The van der Waals surface area contributed by atoms with Crippen LogP contribution in [0.4, 0.5) is 4.79 Å². The molecule has 0 aromatic heterocycles. The van der Waals surface area contributed by atoms with Gasteiger partial charge in [0.15, 0.2) is 6.29 Å². The van der Waals surface area contributed by atoms with Crippen molar-refractivity contribution in [3.05, 3.63) is 59.7 Å². The Morgan fingerprint density at radius 1 is 1.06 bits per heavy atom. The fourth-order valence-electron chi connectivity index (χ4n) is 3.41. The normalized spacial score (nSPS) is 17.9. The molecular formula is C24H31N3O4. The summed E-state index contributed by atoms with van der Waals surface area (Å²) in [5.41, 5.74) is 2.86. The van der Waals surface area contributed by atoms with E-state index in [0.717, 1.165) is 29.7 Å². The van der Waals surface area contributed by atoms with Gasteiger partial charge in [0.25, 0.3) is 0 Å². The van der Waals surface area contributed by atoms with Crippen molar-refractivity contribution in [1.82, 2.24) is 15.3 Å². The van der Waals surface area contributed by atoms with Gasteiger partial charge in [-0.15, -0.1) is 0 Å². The van der Waals surface area contributed by atoms with E-state index in [4.69, 9.17) is 9.47 Å². The molecule has 1 aliphatic heterocycles. The molecular weight excluding hydrogens is 394 g/mol. The molecule has 3 rings (SSSR count). The Bertz CT molecular complexity index is 921. The standard InChI is InChI=1S/C24H31N3O4/c1-6-15-26-22(27(26)23(29)30-5)25-16-17-11-13-18(14-12-17)19-9-7-8-10-20(19)21(28)31-24(2,3)4/h7-14,22,25H,6,15-16H2,1-5H3. The minimum absolute atomic E-state index is 0.153. The first-order chi connectivity index (χ1) is 14.7. The summed E-state index contributed by atoms with van der Waals surface area (Å²) in [5, 5.41) is 6.88. The summed E-state index contributed by atoms with van der Waals surface area (Å²) in [5.74, 6) is -0.332. The van der Waals surface area contributed by atoms with E-state index in [0.29, 0.717) is 12.1 Å². The lowest BCUT2D eigenvalue weighted by molar-refractivity contribution is 0.00704. The van der Waals surface area contributed by atoms with Gasteiger partial charge in [-0.05, 0) is 49.9 Å². The van der Waals surface area contributed by atoms with E-state index in [-0.39, 0.29) is 18.4 Å². The third kappa shape index (κ3) is 5.62. The van der Waals surface area contributed by atoms with Crippen LogP contribution in [0, 0.1) is 0 Å². The average Bonchev–Trinajstić information content (AvgIpc) is 3.43. The van der Waals surface area contributed by atoms with Crippen LogP contribution < -0.4 is 5.32 Å². The van der Waals surface area contributed by atoms with Crippen molar-refractivity contribution in [3.63, 3.8) is 0 Å². The van der Waals surface area contributed by atoms with Crippen LogP contribution in [0.25, 0.3) is 11.1 Å². The smallest absolute Gasteiger partial charge is 0.426 e. The number of methoxy groups -OCH3 is 1. The van der Waals surface area contributed by atoms with E-state index in [1.807, 2.05) is 68.2 Å². The molecule has 0 radical (unpaired) electrons. The van der Waals surface area contributed by atoms with Crippen molar-refractivity contribution in [2.75, 3.05) is 13.7 Å². The number of carbonyl (C=O) groups is 2. The summed E-state index contributed by atoms with van der Waals surface area (Å²) < 4.78 is 10.4. The fourth-order valence-corrected chi connectivity index (χ4v) is 3.41. The summed E-state index contributed by atoms with van der Waals surface area (Å²) in [6.07, 6.45) is 0.428. The lowest BCUT2D eigenvalue weighted by Gasteiger charge is -2.20. The molecule has 1 fully saturated rings. The number of ether oxygens (including phenoxy) is 2. The molecule has 0 saturated carbocycles. The van der Waals surface area contributed by atoms with Crippen molar-refractivity contribution in [2.45, 2.75) is 52.6 Å². The Kier molecular flexibility index (Phi) is 6.97. The van der Waals surface area contributed by atoms with Crippen molar-refractivity contribution in [3.8, 4) is 11.1 Å². The maximum Gasteiger partial charge on any atom is 0.426 e. The van der Waals surface area contributed by atoms with E-state index < -0.39 is 5.60 Å². The number of hydrazine groups is 1. The van der Waals surface area contributed by atoms with E-state index in [1.165, 1.54) is 7.11 Å². The highest BCUT2D eigenvalue weighted by molar-refractivity contribution is 5.97. The number of hydrogen-bond donors (Lipinski definition) is 1. The summed E-state index contributed by atoms with van der Waals surface area (Å²) >= 11 is 0. The van der Waals surface area contributed by atoms with Gasteiger partial charge in [0.2, 0.25) is 0 Å². The second kappa shape index (κ2) is 9.49. The predicted octanol–water partition coefficient (Wildman–Crippen LogP) is 4.39. The van der Waals surface area contributed by atoms with Crippen molar-refractivity contribution in [2.24, 2.45) is 0 Å². The van der Waals surface area contributed by atoms with Gasteiger partial charge in [-0.25, -0.2) is 14.6 Å². The topological polar surface area (TPSA) is 70.7 Å². The molecule has 0 aliphatic carbocycles. The lowest BCUT2D eigenvalue weighted by atomic mass is 9.98. The van der Waals surface area contributed by atoms with Gasteiger partial charge < -0.3 is 9.47 Å². The van der Waals surface area contributed by atoms with Crippen molar-refractivity contribution in [1.29, 1.82) is 0 Å². The fraction of sp³-hybridized carbons (Fsp3) is 0.417. The number of rotatable bonds is 7. The van der Waals surface area contributed by atoms with Gasteiger partial charge in [-0.3, -0.25) is 5.32 Å². The maximum atomic E-state index is 12.6. The van der Waals surface area contributed by atoms with Crippen LogP contribution in [0.15, 0.2) is 48.5 Å². The number of esters is 1. The molecule has 2 atom stereocenters. The van der Waals surface area contributed by atoms with Crippen LogP contribution in [0.3, 0.4) is 0 Å². The van der Waals surface area contributed by atoms with Crippen molar-refractivity contribution < 1.29 is 19.1 Å². The van der Waals surface area contributed by atoms with E-state index in [1.54, 1.807) is 11.1 Å². The van der Waals surface area contributed by atoms with Gasteiger partial charge in [0.05, 0.1) is 12.7 Å². The van der Waals surface area contributed by atoms with Gasteiger partial charge >= 0.3 is 12.1 Å². The minimum atomic E-state index is -0.549. The number of hydrogen-bond acceptors (Lipinski definition) is 6. The predicted molar refractivity (Wildman–Crippen MR) is 119 cm³/mol. The Hall–Kier alpha value is -2.90. The van der Waals surface area contributed by atoms with Gasteiger partial charge in [0.1, 0.15) is 5.60 Å². The molecule has 166 valence electrons. The first-order valence-corrected chi connectivity index (χ1v) is 10.5. The van der Waals surface area contributed by atoms with Crippen molar-refractivity contribution >= 4 is 12.1 Å². The number of carbonyl (C=O) groups excluding carboxylic acids is 2. The summed E-state index contributed by atoms with van der Waals surface area (Å²) in [4.78, 5) is 24.5. The molecule has 1 heterocycles. The Morgan fingerprint density at radius 3 is 2.35 bits per heavy atom. The molecule has 1 saturated heterocycles. The Balaban J connectivity index is 1.68. The van der Waals surface area contributed by atoms with Crippen LogP contribution in [0.2, 0.25) is 0 Å². The highest BCUT2D eigenvalue weighted by Crippen LogP contribution is 2.27. The van der Waals surface area contributed by atoms with E-state index in [9.17, 15) is 9.59 Å². The van der Waals surface area contributed by atoms with Crippen LogP contribution in [0.1, 0.15) is 50.0 Å². The minimum Gasteiger partial charge on any atom is -0.456 e. The third-order valence-corrected chi connectivity index (χ3v) is 4.85. The van der Waals surface area contributed by atoms with Crippen LogP contribution in [-0.4, -0.2) is 47.6 Å². The summed E-state index contributed by atoms with van der Waals surface area (Å²) in [6.45, 7) is 9.03. The second-order valence-electron chi connectivity index (χ2n) is 8.48. The molecule has 1 amide bonds. The molecule has 31 heavy (non-hydrogen) atoms. The molecule has 7 heteroatoms. The number of nitrogens with one attached hydrogen (secondary N) is 1. The van der Waals surface area contributed by atoms with E-state index in [2.05, 4.69) is 12.2 Å². The molecule has 2 aromatic carbocycles. The first kappa shape index (κ1) is 22.8. The monoisotopic (exact) mass is 425 g/mol. The number of benzene rings is 2. The zero-order chi connectivity index (χ0) is 22.6.